The van der Waals surface area contributed by atoms with E-state index in [1.54, 1.807) is 18.4 Å². The second-order valence-electron chi connectivity index (χ2n) is 3.37. The molecule has 1 aromatic rings. The van der Waals surface area contributed by atoms with Crippen molar-refractivity contribution in [3.05, 3.63) is 29.4 Å². The van der Waals surface area contributed by atoms with Crippen LogP contribution in [0.2, 0.25) is 0 Å². The number of hydrogen-bond donors (Lipinski definition) is 2. The summed E-state index contributed by atoms with van der Waals surface area (Å²) in [6.07, 6.45) is 2.36. The summed E-state index contributed by atoms with van der Waals surface area (Å²) in [6.45, 7) is 0.285. The van der Waals surface area contributed by atoms with Gasteiger partial charge in [-0.05, 0) is 12.1 Å². The van der Waals surface area contributed by atoms with Crippen LogP contribution in [0, 0.1) is 5.21 Å². The molecule has 0 amide bonds. The van der Waals surface area contributed by atoms with E-state index in [9.17, 15) is 10.4 Å². The average Bonchev–Trinajstić information content (AvgIpc) is 2.78. The minimum absolute atomic E-state index is 0.0689. The zero-order chi connectivity index (χ0) is 11.5. The average molecular weight is 224 g/mol. The van der Waals surface area contributed by atoms with Gasteiger partial charge in [-0.2, -0.15) is 0 Å². The number of furan rings is 1. The molecule has 1 aromatic heterocycles. The van der Waals surface area contributed by atoms with Crippen molar-refractivity contribution in [3.8, 4) is 0 Å². The highest BCUT2D eigenvalue weighted by Gasteiger charge is 2.22. The lowest BCUT2D eigenvalue weighted by atomic mass is 10.2. The summed E-state index contributed by atoms with van der Waals surface area (Å²) in [5.74, 6) is 1.01. The summed E-state index contributed by atoms with van der Waals surface area (Å²) >= 11 is 0. The Morgan fingerprint density at radius 2 is 2.44 bits per heavy atom. The maximum absolute atomic E-state index is 11.2. The van der Waals surface area contributed by atoms with Gasteiger partial charge >= 0.3 is 0 Å². The quantitative estimate of drug-likeness (QED) is 0.560. The molecule has 0 saturated carbocycles. The first-order chi connectivity index (χ1) is 7.68. The normalized spacial score (nSPS) is 19.6. The minimum Gasteiger partial charge on any atom is -0.691 e. The fraction of sp³-hybridized carbons (Fsp3) is 0.333. The van der Waals surface area contributed by atoms with Crippen molar-refractivity contribution in [3.63, 3.8) is 0 Å². The molecule has 0 saturated heterocycles. The van der Waals surface area contributed by atoms with Gasteiger partial charge in [0.2, 0.25) is 0 Å². The van der Waals surface area contributed by atoms with E-state index < -0.39 is 0 Å². The molecule has 0 bridgehead atoms. The Morgan fingerprint density at radius 3 is 3.12 bits per heavy atom. The fourth-order valence-electron chi connectivity index (χ4n) is 1.38. The van der Waals surface area contributed by atoms with E-state index in [1.807, 2.05) is 0 Å². The van der Waals surface area contributed by atoms with Crippen LogP contribution in [0.4, 0.5) is 0 Å². The molecule has 1 aliphatic heterocycles. The molecule has 1 aliphatic rings. The van der Waals surface area contributed by atoms with Gasteiger partial charge in [0.1, 0.15) is 5.76 Å². The van der Waals surface area contributed by atoms with Gasteiger partial charge in [0.25, 0.3) is 5.84 Å². The van der Waals surface area contributed by atoms with Crippen molar-refractivity contribution in [1.29, 1.82) is 0 Å². The van der Waals surface area contributed by atoms with Crippen LogP contribution in [0.1, 0.15) is 18.6 Å². The van der Waals surface area contributed by atoms with Gasteiger partial charge in [0, 0.05) is 6.42 Å². The third-order valence-corrected chi connectivity index (χ3v) is 2.25. The van der Waals surface area contributed by atoms with Crippen LogP contribution in [0.25, 0.3) is 0 Å². The number of aliphatic imine (C=N–C) groups is 1. The fourth-order valence-corrected chi connectivity index (χ4v) is 1.38. The number of hydrogen-bond acceptors (Lipinski definition) is 5. The van der Waals surface area contributed by atoms with Gasteiger partial charge in [-0.15, -0.1) is 4.85 Å². The first kappa shape index (κ1) is 10.5. The summed E-state index contributed by atoms with van der Waals surface area (Å²) in [6, 6.07) is 3.52. The van der Waals surface area contributed by atoms with Crippen molar-refractivity contribution in [2.45, 2.75) is 19.4 Å². The van der Waals surface area contributed by atoms with E-state index in [-0.39, 0.29) is 23.1 Å². The Balaban J connectivity index is 2.09. The minimum atomic E-state index is 0.0689. The monoisotopic (exact) mass is 224 g/mol. The maximum atomic E-state index is 11.2. The lowest BCUT2D eigenvalue weighted by Gasteiger charge is -2.25. The number of nitrogens with two attached hydrogens (primary N) is 1. The molecule has 0 aliphatic carbocycles. The molecule has 0 atom stereocenters. The lowest BCUT2D eigenvalue weighted by molar-refractivity contribution is -0.687. The van der Waals surface area contributed by atoms with Crippen LogP contribution >= 0.6 is 0 Å². The van der Waals surface area contributed by atoms with Crippen molar-refractivity contribution in [2.75, 3.05) is 0 Å². The number of hydrazone groups is 1. The molecule has 0 fully saturated rings. The largest absolute Gasteiger partial charge is 0.691 e. The summed E-state index contributed by atoms with van der Waals surface area (Å²) < 4.78 is 5.08. The first-order valence-electron chi connectivity index (χ1n) is 4.81. The molecule has 0 unspecified atom stereocenters. The summed E-state index contributed by atoms with van der Waals surface area (Å²) in [4.78, 5) is 4.31. The second kappa shape index (κ2) is 4.23. The van der Waals surface area contributed by atoms with Crippen LogP contribution < -0.4 is 5.73 Å². The molecule has 86 valence electrons. The molecule has 0 aromatic carbocycles. The van der Waals surface area contributed by atoms with Crippen LogP contribution in [0.15, 0.2) is 27.8 Å². The molecular formula is C9H12N4O3. The predicted molar refractivity (Wildman–Crippen MR) is 55.5 cm³/mol. The predicted octanol–water partition coefficient (Wildman–Crippen LogP) is 0.446. The van der Waals surface area contributed by atoms with Gasteiger partial charge in [-0.3, -0.25) is 15.9 Å². The zero-order valence-corrected chi connectivity index (χ0v) is 8.54. The summed E-state index contributed by atoms with van der Waals surface area (Å²) in [5, 5.41) is 21.1. The molecule has 2 heterocycles. The van der Waals surface area contributed by atoms with Gasteiger partial charge in [-0.25, -0.2) is 0 Å². The van der Waals surface area contributed by atoms with E-state index in [4.69, 9.17) is 10.2 Å². The summed E-state index contributed by atoms with van der Waals surface area (Å²) in [7, 11) is 0. The Labute approximate surface area is 91.6 Å². The SMILES string of the molecule is NC1=[N+]([O-])N(O)C(=NCc2ccco2)CC1. The molecular weight excluding hydrogens is 212 g/mol. The standard InChI is InChI=1S/C9H12N4O3/c10-8-3-4-9(13(15)12(8)14)11-6-7-2-1-5-16-7/h1-2,5,15H,3-4,6,10H2. The molecule has 16 heavy (non-hydrogen) atoms. The highest BCUT2D eigenvalue weighted by Crippen LogP contribution is 2.08. The number of amidine groups is 2. The summed E-state index contributed by atoms with van der Waals surface area (Å²) in [5.41, 5.74) is 5.38. The molecule has 0 spiro atoms. The van der Waals surface area contributed by atoms with E-state index in [2.05, 4.69) is 4.99 Å². The van der Waals surface area contributed by atoms with Crippen LogP contribution in [0.5, 0.6) is 0 Å². The lowest BCUT2D eigenvalue weighted by Crippen LogP contribution is -2.45. The maximum Gasteiger partial charge on any atom is 0.272 e. The highest BCUT2D eigenvalue weighted by molar-refractivity contribution is 5.88. The smallest absolute Gasteiger partial charge is 0.272 e. The molecule has 7 heteroatoms. The number of hydrazine groups is 1. The first-order valence-corrected chi connectivity index (χ1v) is 4.81. The Hall–Kier alpha value is -2.02. The van der Waals surface area contributed by atoms with Crippen LogP contribution in [-0.2, 0) is 6.54 Å². The second-order valence-corrected chi connectivity index (χ2v) is 3.37. The van der Waals surface area contributed by atoms with E-state index >= 15 is 0 Å². The Kier molecular flexibility index (Phi) is 2.78. The number of rotatable bonds is 2. The van der Waals surface area contributed by atoms with Gasteiger partial charge in [0.05, 0.1) is 19.2 Å². The van der Waals surface area contributed by atoms with Gasteiger partial charge < -0.3 is 9.62 Å². The number of hydroxylamine groups is 1. The third-order valence-electron chi connectivity index (χ3n) is 2.25. The van der Waals surface area contributed by atoms with E-state index in [1.165, 1.54) is 0 Å². The van der Waals surface area contributed by atoms with Gasteiger partial charge in [0.15, 0.2) is 5.84 Å². The molecule has 3 N–H and O–H groups in total. The van der Waals surface area contributed by atoms with Gasteiger partial charge in [-0.1, -0.05) is 5.17 Å². The Bertz CT molecular complexity index is 424. The van der Waals surface area contributed by atoms with Crippen molar-refractivity contribution >= 4 is 11.7 Å². The van der Waals surface area contributed by atoms with Crippen molar-refractivity contribution < 1.29 is 14.5 Å². The third kappa shape index (κ3) is 1.98. The van der Waals surface area contributed by atoms with Crippen molar-refractivity contribution in [2.24, 2.45) is 10.7 Å². The number of nitrogens with zero attached hydrogens (tertiary/aromatic N) is 3. The topological polar surface area (TPSA) is 101 Å². The van der Waals surface area contributed by atoms with E-state index in [0.717, 1.165) is 0 Å². The van der Waals surface area contributed by atoms with Crippen LogP contribution in [0.3, 0.4) is 0 Å². The Morgan fingerprint density at radius 1 is 1.62 bits per heavy atom. The zero-order valence-electron chi connectivity index (χ0n) is 8.54. The van der Waals surface area contributed by atoms with Crippen LogP contribution in [-0.4, -0.2) is 26.9 Å². The highest BCUT2D eigenvalue weighted by atomic mass is 16.7. The van der Waals surface area contributed by atoms with Crippen molar-refractivity contribution in [1.82, 2.24) is 5.17 Å². The molecule has 2 rings (SSSR count). The molecule has 0 radical (unpaired) electrons. The molecule has 7 nitrogen and oxygen atoms in total. The van der Waals surface area contributed by atoms with E-state index in [0.29, 0.717) is 23.8 Å².